The van der Waals surface area contributed by atoms with Gasteiger partial charge in [0.15, 0.2) is 0 Å². The Morgan fingerprint density at radius 3 is 2.16 bits per heavy atom. The van der Waals surface area contributed by atoms with Gasteiger partial charge in [0.2, 0.25) is 0 Å². The highest BCUT2D eigenvalue weighted by Gasteiger charge is 2.26. The molecule has 1 aromatic rings. The van der Waals surface area contributed by atoms with Crippen molar-refractivity contribution in [1.82, 2.24) is 5.32 Å². The number of ether oxygens (including phenoxy) is 1. The molecule has 0 aliphatic rings. The number of rotatable bonds is 7. The summed E-state index contributed by atoms with van der Waals surface area (Å²) >= 11 is 0. The van der Waals surface area contributed by atoms with E-state index in [0.717, 1.165) is 12.2 Å². The first-order valence-corrected chi connectivity index (χ1v) is 9.37. The number of hydrogen-bond acceptors (Lipinski definition) is 3. The van der Waals surface area contributed by atoms with Crippen LogP contribution in [0.5, 0.6) is 5.75 Å². The Bertz CT molecular complexity index is 550. The maximum atomic E-state index is 10.3. The molecule has 0 aliphatic heterocycles. The fourth-order valence-electron chi connectivity index (χ4n) is 3.38. The summed E-state index contributed by atoms with van der Waals surface area (Å²) in [5, 5.41) is 13.8. The van der Waals surface area contributed by atoms with Crippen molar-refractivity contribution in [2.75, 3.05) is 13.2 Å². The number of aliphatic hydroxyl groups is 1. The van der Waals surface area contributed by atoms with Crippen LogP contribution in [0, 0.1) is 12.3 Å². The van der Waals surface area contributed by atoms with Gasteiger partial charge in [0, 0.05) is 12.1 Å². The average molecular weight is 350 g/mol. The standard InChI is InChI=1S/C22H39NO2/c1-16-10-11-19(18(12-16)21(5,6)7)25-14-17(24)13-23-22(8,9)15-20(2,3)4/h10-12,17,23-24H,13-15H2,1-9H3/t17-/m0/s1. The summed E-state index contributed by atoms with van der Waals surface area (Å²) in [6.45, 7) is 20.5. The number of nitrogens with one attached hydrogen (secondary N) is 1. The van der Waals surface area contributed by atoms with Crippen LogP contribution in [0.25, 0.3) is 0 Å². The molecule has 3 nitrogen and oxygen atoms in total. The van der Waals surface area contributed by atoms with E-state index in [0.29, 0.717) is 13.2 Å². The molecule has 0 heterocycles. The van der Waals surface area contributed by atoms with Gasteiger partial charge in [0.1, 0.15) is 18.5 Å². The van der Waals surface area contributed by atoms with Crippen molar-refractivity contribution in [3.05, 3.63) is 29.3 Å². The van der Waals surface area contributed by atoms with Gasteiger partial charge in [-0.25, -0.2) is 0 Å². The van der Waals surface area contributed by atoms with Gasteiger partial charge in [-0.2, -0.15) is 0 Å². The largest absolute Gasteiger partial charge is 0.491 e. The van der Waals surface area contributed by atoms with E-state index in [1.165, 1.54) is 11.1 Å². The lowest BCUT2D eigenvalue weighted by molar-refractivity contribution is 0.0935. The highest BCUT2D eigenvalue weighted by atomic mass is 16.5. The van der Waals surface area contributed by atoms with E-state index in [4.69, 9.17) is 4.74 Å². The van der Waals surface area contributed by atoms with Gasteiger partial charge < -0.3 is 15.2 Å². The Hall–Kier alpha value is -1.06. The number of benzene rings is 1. The van der Waals surface area contributed by atoms with Crippen LogP contribution in [0.15, 0.2) is 18.2 Å². The van der Waals surface area contributed by atoms with Gasteiger partial charge in [0.05, 0.1) is 0 Å². The molecule has 0 bridgehead atoms. The van der Waals surface area contributed by atoms with Crippen molar-refractivity contribution in [1.29, 1.82) is 0 Å². The second kappa shape index (κ2) is 8.09. The van der Waals surface area contributed by atoms with Gasteiger partial charge in [-0.15, -0.1) is 0 Å². The van der Waals surface area contributed by atoms with Crippen molar-refractivity contribution in [2.24, 2.45) is 5.41 Å². The van der Waals surface area contributed by atoms with E-state index in [9.17, 15) is 5.11 Å². The van der Waals surface area contributed by atoms with Crippen LogP contribution in [-0.2, 0) is 5.41 Å². The Balaban J connectivity index is 2.62. The van der Waals surface area contributed by atoms with Gasteiger partial charge in [-0.3, -0.25) is 0 Å². The van der Waals surface area contributed by atoms with Crippen molar-refractivity contribution < 1.29 is 9.84 Å². The molecular weight excluding hydrogens is 310 g/mol. The Kier molecular flexibility index (Phi) is 7.12. The van der Waals surface area contributed by atoms with E-state index < -0.39 is 6.10 Å². The fraction of sp³-hybridized carbons (Fsp3) is 0.727. The minimum absolute atomic E-state index is 0.0132. The number of aliphatic hydroxyl groups excluding tert-OH is 1. The Morgan fingerprint density at radius 2 is 1.64 bits per heavy atom. The molecule has 2 N–H and O–H groups in total. The summed E-state index contributed by atoms with van der Waals surface area (Å²) < 4.78 is 5.96. The molecule has 1 atom stereocenters. The SMILES string of the molecule is Cc1ccc(OC[C@@H](O)CNC(C)(C)CC(C)(C)C)c(C(C)(C)C)c1. The van der Waals surface area contributed by atoms with Crippen LogP contribution in [0.1, 0.15) is 72.9 Å². The lowest BCUT2D eigenvalue weighted by atomic mass is 9.82. The van der Waals surface area contributed by atoms with E-state index in [2.05, 4.69) is 79.8 Å². The molecule has 0 unspecified atom stereocenters. The molecule has 1 aromatic carbocycles. The van der Waals surface area contributed by atoms with Crippen molar-refractivity contribution >= 4 is 0 Å². The van der Waals surface area contributed by atoms with Crippen LogP contribution in [-0.4, -0.2) is 29.9 Å². The molecule has 144 valence electrons. The summed E-state index contributed by atoms with van der Waals surface area (Å²) in [7, 11) is 0. The highest BCUT2D eigenvalue weighted by molar-refractivity contribution is 5.41. The monoisotopic (exact) mass is 349 g/mol. The number of hydrogen-bond donors (Lipinski definition) is 2. The van der Waals surface area contributed by atoms with Gasteiger partial charge in [-0.1, -0.05) is 59.2 Å². The zero-order valence-electron chi connectivity index (χ0n) is 17.8. The van der Waals surface area contributed by atoms with E-state index in [1.54, 1.807) is 0 Å². The molecule has 1 rings (SSSR count). The molecule has 0 aromatic heterocycles. The zero-order chi connectivity index (χ0) is 19.5. The second-order valence-corrected chi connectivity index (χ2v) is 10.2. The topological polar surface area (TPSA) is 41.5 Å². The number of β-amino-alcohol motifs (C(OH)–C–C–N with tert-alkyl or cyclic N) is 1. The molecule has 3 heteroatoms. The van der Waals surface area contributed by atoms with E-state index >= 15 is 0 Å². The summed E-state index contributed by atoms with van der Waals surface area (Å²) in [5.74, 6) is 0.867. The summed E-state index contributed by atoms with van der Waals surface area (Å²) in [6.07, 6.45) is 0.507. The lowest BCUT2D eigenvalue weighted by Gasteiger charge is -2.34. The maximum Gasteiger partial charge on any atom is 0.123 e. The van der Waals surface area contributed by atoms with Crippen molar-refractivity contribution in [2.45, 2.75) is 85.8 Å². The van der Waals surface area contributed by atoms with Gasteiger partial charge >= 0.3 is 0 Å². The van der Waals surface area contributed by atoms with Crippen LogP contribution < -0.4 is 10.1 Å². The third-order valence-corrected chi connectivity index (χ3v) is 4.16. The minimum atomic E-state index is -0.534. The van der Waals surface area contributed by atoms with Crippen molar-refractivity contribution in [3.63, 3.8) is 0 Å². The second-order valence-electron chi connectivity index (χ2n) is 10.2. The predicted molar refractivity (Wildman–Crippen MR) is 108 cm³/mol. The quantitative estimate of drug-likeness (QED) is 0.740. The fourth-order valence-corrected chi connectivity index (χ4v) is 3.38. The first kappa shape index (κ1) is 22.0. The first-order valence-electron chi connectivity index (χ1n) is 9.37. The Labute approximate surface area is 155 Å². The van der Waals surface area contributed by atoms with Crippen LogP contribution >= 0.6 is 0 Å². The molecule has 25 heavy (non-hydrogen) atoms. The molecule has 0 amide bonds. The summed E-state index contributed by atoms with van der Waals surface area (Å²) in [5.41, 5.74) is 2.66. The zero-order valence-corrected chi connectivity index (χ0v) is 17.8. The summed E-state index contributed by atoms with van der Waals surface area (Å²) in [4.78, 5) is 0. The normalized spacial score (nSPS) is 14.5. The third-order valence-electron chi connectivity index (χ3n) is 4.16. The third kappa shape index (κ3) is 8.24. The van der Waals surface area contributed by atoms with Crippen LogP contribution in [0.4, 0.5) is 0 Å². The number of aryl methyl sites for hydroxylation is 1. The molecule has 0 fully saturated rings. The molecule has 0 aliphatic carbocycles. The van der Waals surface area contributed by atoms with E-state index in [-0.39, 0.29) is 16.4 Å². The smallest absolute Gasteiger partial charge is 0.123 e. The van der Waals surface area contributed by atoms with Gasteiger partial charge in [-0.05, 0) is 49.7 Å². The molecular formula is C22H39NO2. The van der Waals surface area contributed by atoms with Gasteiger partial charge in [0.25, 0.3) is 0 Å². The summed E-state index contributed by atoms with van der Waals surface area (Å²) in [6, 6.07) is 6.24. The lowest BCUT2D eigenvalue weighted by Crippen LogP contribution is -2.46. The highest BCUT2D eigenvalue weighted by Crippen LogP contribution is 2.32. The first-order chi connectivity index (χ1) is 11.2. The molecule has 0 saturated heterocycles. The molecule has 0 spiro atoms. The predicted octanol–water partition coefficient (Wildman–Crippen LogP) is 4.84. The Morgan fingerprint density at radius 1 is 1.04 bits per heavy atom. The van der Waals surface area contributed by atoms with Crippen LogP contribution in [0.3, 0.4) is 0 Å². The molecule has 0 saturated carbocycles. The maximum absolute atomic E-state index is 10.3. The van der Waals surface area contributed by atoms with Crippen molar-refractivity contribution in [3.8, 4) is 5.75 Å². The molecule has 0 radical (unpaired) electrons. The minimum Gasteiger partial charge on any atom is -0.491 e. The van der Waals surface area contributed by atoms with Crippen LogP contribution in [0.2, 0.25) is 0 Å². The van der Waals surface area contributed by atoms with E-state index in [1.807, 2.05) is 6.07 Å². The average Bonchev–Trinajstić information content (AvgIpc) is 2.40.